The first-order chi connectivity index (χ1) is 18.9. The van der Waals surface area contributed by atoms with Gasteiger partial charge in [0.2, 0.25) is 5.91 Å². The van der Waals surface area contributed by atoms with Crippen LogP contribution in [-0.4, -0.2) is 56.2 Å². The number of carbonyl (C=O) groups is 1. The molecule has 2 N–H and O–H groups in total. The molecule has 7 rings (SSSR count). The number of nitrogens with two attached hydrogens (primary N) is 1. The van der Waals surface area contributed by atoms with E-state index in [-0.39, 0.29) is 24.1 Å². The normalized spacial score (nSPS) is 17.3. The van der Waals surface area contributed by atoms with E-state index in [2.05, 4.69) is 15.0 Å². The Morgan fingerprint density at radius 2 is 2.08 bits per heavy atom. The van der Waals surface area contributed by atoms with Gasteiger partial charge in [-0.25, -0.2) is 14.4 Å². The van der Waals surface area contributed by atoms with Crippen molar-refractivity contribution in [2.24, 2.45) is 5.73 Å². The highest BCUT2D eigenvalue weighted by atomic mass is 19.1. The summed E-state index contributed by atoms with van der Waals surface area (Å²) in [4.78, 5) is 26.2. The van der Waals surface area contributed by atoms with Crippen LogP contribution in [0.1, 0.15) is 18.4 Å². The quantitative estimate of drug-likeness (QED) is 0.387. The molecule has 0 saturated carbocycles. The average Bonchev–Trinajstić information content (AvgIpc) is 3.53. The topological polar surface area (TPSA) is 121 Å². The number of nitrogens with zero attached hydrogens (tertiary/aromatic N) is 8. The van der Waals surface area contributed by atoms with Crippen LogP contribution in [0.4, 0.5) is 15.9 Å². The average molecular weight is 522 g/mol. The molecule has 1 saturated heterocycles. The van der Waals surface area contributed by atoms with Crippen molar-refractivity contribution in [3.8, 4) is 28.6 Å². The Hall–Kier alpha value is -4.82. The molecule has 3 aromatic heterocycles. The van der Waals surface area contributed by atoms with Crippen LogP contribution in [0.15, 0.2) is 48.9 Å². The minimum Gasteiger partial charge on any atom is -0.352 e. The molecule has 0 unspecified atom stereocenters. The highest BCUT2D eigenvalue weighted by molar-refractivity contribution is 6.07. The molecule has 0 radical (unpaired) electrons. The summed E-state index contributed by atoms with van der Waals surface area (Å²) in [7, 11) is 1.75. The Balaban J connectivity index is 1.51. The predicted octanol–water partition coefficient (Wildman–Crippen LogP) is 3.33. The zero-order valence-electron chi connectivity index (χ0n) is 21.2. The number of hydrogen-bond acceptors (Lipinski definition) is 7. The van der Waals surface area contributed by atoms with E-state index in [1.807, 2.05) is 28.8 Å². The first-order valence-corrected chi connectivity index (χ1v) is 12.8. The summed E-state index contributed by atoms with van der Waals surface area (Å²) in [6.07, 6.45) is 7.23. The van der Waals surface area contributed by atoms with Gasteiger partial charge in [0.15, 0.2) is 11.5 Å². The van der Waals surface area contributed by atoms with Crippen molar-refractivity contribution < 1.29 is 9.18 Å². The van der Waals surface area contributed by atoms with Gasteiger partial charge in [-0.2, -0.15) is 10.4 Å². The van der Waals surface area contributed by atoms with Crippen LogP contribution in [0.2, 0.25) is 0 Å². The van der Waals surface area contributed by atoms with E-state index < -0.39 is 5.82 Å². The van der Waals surface area contributed by atoms with E-state index in [0.29, 0.717) is 29.3 Å². The monoisotopic (exact) mass is 521 g/mol. The molecule has 0 bridgehead atoms. The third-order valence-corrected chi connectivity index (χ3v) is 7.65. The minimum atomic E-state index is -0.615. The summed E-state index contributed by atoms with van der Waals surface area (Å²) < 4.78 is 18.5. The Kier molecular flexibility index (Phi) is 5.14. The number of nitriles is 1. The molecule has 2 aromatic carbocycles. The van der Waals surface area contributed by atoms with Crippen molar-refractivity contribution in [1.29, 1.82) is 5.26 Å². The van der Waals surface area contributed by atoms with Gasteiger partial charge in [-0.05, 0) is 37.1 Å². The second-order valence-corrected chi connectivity index (χ2v) is 10.1. The molecule has 1 amide bonds. The van der Waals surface area contributed by atoms with Crippen molar-refractivity contribution >= 4 is 34.0 Å². The molecule has 2 aliphatic rings. The summed E-state index contributed by atoms with van der Waals surface area (Å²) in [6.45, 7) is 1.66. The largest absolute Gasteiger partial charge is 0.352 e. The lowest BCUT2D eigenvalue weighted by Gasteiger charge is -2.31. The number of fused-ring (bicyclic) bond motifs is 1. The van der Waals surface area contributed by atoms with Crippen LogP contribution in [-0.2, 0) is 11.3 Å². The number of piperidine rings is 1. The molecule has 5 aromatic rings. The number of benzene rings is 2. The fraction of sp³-hybridized carbons (Fsp3) is 0.250. The Morgan fingerprint density at radius 3 is 2.87 bits per heavy atom. The van der Waals surface area contributed by atoms with Gasteiger partial charge in [-0.15, -0.1) is 0 Å². The van der Waals surface area contributed by atoms with Gasteiger partial charge in [0.25, 0.3) is 0 Å². The maximum atomic E-state index is 14.8. The van der Waals surface area contributed by atoms with Gasteiger partial charge in [0.05, 0.1) is 34.4 Å². The molecule has 1 atom stereocenters. The summed E-state index contributed by atoms with van der Waals surface area (Å²) in [6, 6.07) is 10.4. The van der Waals surface area contributed by atoms with Gasteiger partial charge in [0, 0.05) is 55.1 Å². The van der Waals surface area contributed by atoms with Gasteiger partial charge >= 0.3 is 0 Å². The zero-order chi connectivity index (χ0) is 26.8. The maximum Gasteiger partial charge on any atom is 0.248 e. The van der Waals surface area contributed by atoms with E-state index in [9.17, 15) is 14.4 Å². The smallest absolute Gasteiger partial charge is 0.248 e. The zero-order valence-corrected chi connectivity index (χ0v) is 21.2. The third kappa shape index (κ3) is 3.56. The molecule has 11 heteroatoms. The molecule has 5 heterocycles. The number of anilines is 2. The molecule has 194 valence electrons. The van der Waals surface area contributed by atoms with Crippen LogP contribution < -0.4 is 15.5 Å². The van der Waals surface area contributed by atoms with Crippen molar-refractivity contribution in [3.05, 3.63) is 60.3 Å². The van der Waals surface area contributed by atoms with Crippen molar-refractivity contribution in [2.75, 3.05) is 29.9 Å². The number of imidazole rings is 1. The summed E-state index contributed by atoms with van der Waals surface area (Å²) in [5, 5.41) is 14.6. The van der Waals surface area contributed by atoms with E-state index in [0.717, 1.165) is 47.2 Å². The second kappa shape index (κ2) is 8.61. The van der Waals surface area contributed by atoms with Gasteiger partial charge < -0.3 is 15.5 Å². The van der Waals surface area contributed by atoms with Crippen LogP contribution in [0.5, 0.6) is 0 Å². The van der Waals surface area contributed by atoms with E-state index in [1.54, 1.807) is 35.1 Å². The predicted molar refractivity (Wildman–Crippen MR) is 145 cm³/mol. The summed E-state index contributed by atoms with van der Waals surface area (Å²) in [5.74, 6) is 0.0254. The SMILES string of the molecule is CN1C(=O)Cn2ncc3cc(-c4c(-c5ccc(C#N)c(F)c5)nc5c(N6CCC[C@@H](N)C6)nccn45)cc1c32. The number of likely N-dealkylation sites (N-methyl/N-ethyl adjacent to an activating group) is 1. The standard InChI is InChI=1S/C28H24FN9O/c1-35-22-11-18(9-19-13-33-38(25(19)22)15-23(35)39)26-24(16-4-5-17(12-30)21(29)10-16)34-28-27(32-6-8-37(26)28)36-7-2-3-20(31)14-36/h4-6,8-11,13,20H,2-3,7,14-15,31H2,1H3/t20-/m1/s1. The van der Waals surface area contributed by atoms with E-state index in [4.69, 9.17) is 10.7 Å². The number of halogens is 1. The number of amides is 1. The molecule has 39 heavy (non-hydrogen) atoms. The summed E-state index contributed by atoms with van der Waals surface area (Å²) in [5.41, 5.74) is 11.1. The first kappa shape index (κ1) is 23.3. The second-order valence-electron chi connectivity index (χ2n) is 10.1. The maximum absolute atomic E-state index is 14.8. The van der Waals surface area contributed by atoms with Crippen molar-refractivity contribution in [1.82, 2.24) is 24.1 Å². The molecule has 10 nitrogen and oxygen atoms in total. The summed E-state index contributed by atoms with van der Waals surface area (Å²) >= 11 is 0. The first-order valence-electron chi connectivity index (χ1n) is 12.8. The number of aromatic nitrogens is 5. The fourth-order valence-electron chi connectivity index (χ4n) is 5.71. The highest BCUT2D eigenvalue weighted by Gasteiger charge is 2.28. The number of hydrogen-bond donors (Lipinski definition) is 1. The van der Waals surface area contributed by atoms with Crippen LogP contribution in [0.25, 0.3) is 39.1 Å². The number of rotatable bonds is 3. The molecule has 0 aliphatic carbocycles. The molecular weight excluding hydrogens is 497 g/mol. The van der Waals surface area contributed by atoms with Crippen LogP contribution in [0, 0.1) is 17.1 Å². The van der Waals surface area contributed by atoms with Crippen LogP contribution in [0.3, 0.4) is 0 Å². The molecule has 2 aliphatic heterocycles. The van der Waals surface area contributed by atoms with Crippen LogP contribution >= 0.6 is 0 Å². The minimum absolute atomic E-state index is 0.0351. The lowest BCUT2D eigenvalue weighted by Crippen LogP contribution is -2.43. The van der Waals surface area contributed by atoms with Gasteiger partial charge in [-0.1, -0.05) is 6.07 Å². The third-order valence-electron chi connectivity index (χ3n) is 7.65. The number of carbonyl (C=O) groups excluding carboxylic acids is 1. The van der Waals surface area contributed by atoms with E-state index >= 15 is 0 Å². The molecular formula is C28H24FN9O. The van der Waals surface area contributed by atoms with Crippen molar-refractivity contribution in [3.63, 3.8) is 0 Å². The van der Waals surface area contributed by atoms with Gasteiger partial charge in [-0.3, -0.25) is 13.9 Å². The Morgan fingerprint density at radius 1 is 1.21 bits per heavy atom. The van der Waals surface area contributed by atoms with Crippen molar-refractivity contribution in [2.45, 2.75) is 25.4 Å². The van der Waals surface area contributed by atoms with E-state index in [1.165, 1.54) is 12.1 Å². The molecule has 0 spiro atoms. The Labute approximate surface area is 222 Å². The molecule has 1 fully saturated rings. The lowest BCUT2D eigenvalue weighted by molar-refractivity contribution is -0.119. The fourth-order valence-corrected chi connectivity index (χ4v) is 5.71. The highest BCUT2D eigenvalue weighted by Crippen LogP contribution is 2.40. The van der Waals surface area contributed by atoms with Gasteiger partial charge in [0.1, 0.15) is 18.4 Å². The lowest BCUT2D eigenvalue weighted by atomic mass is 10.0. The Bertz CT molecular complexity index is 1850.